The zero-order valence-corrected chi connectivity index (χ0v) is 9.16. The van der Waals surface area contributed by atoms with Crippen molar-refractivity contribution in [3.63, 3.8) is 0 Å². The summed E-state index contributed by atoms with van der Waals surface area (Å²) in [5.41, 5.74) is 0. The minimum atomic E-state index is -3.80. The topological polar surface area (TPSA) is 66.8 Å². The van der Waals surface area contributed by atoms with Gasteiger partial charge in [-0.15, -0.1) is 0 Å². The van der Waals surface area contributed by atoms with Crippen molar-refractivity contribution in [2.75, 3.05) is 32.0 Å². The van der Waals surface area contributed by atoms with Crippen molar-refractivity contribution in [1.82, 2.24) is 4.90 Å². The fraction of sp³-hybridized carbons (Fsp3) is 1.00. The molecule has 5 nitrogen and oxygen atoms in total. The Morgan fingerprint density at radius 1 is 1.57 bits per heavy atom. The highest BCUT2D eigenvalue weighted by molar-refractivity contribution is 7.85. The molecule has 84 valence electrons. The van der Waals surface area contributed by atoms with Gasteiger partial charge in [-0.1, -0.05) is 0 Å². The van der Waals surface area contributed by atoms with Crippen LogP contribution in [0.25, 0.3) is 0 Å². The Bertz CT molecular complexity index is 265. The highest BCUT2D eigenvalue weighted by Crippen LogP contribution is 2.04. The van der Waals surface area contributed by atoms with Crippen molar-refractivity contribution in [3.8, 4) is 0 Å². The standard InChI is InChI=1S/C8H17NO4S/c1-8-7-9(4-5-13-8)3-2-6-14(10,11)12/h8H,2-7H2,1H3,(H,10,11,12). The first-order chi connectivity index (χ1) is 6.47. The third-order valence-corrected chi connectivity index (χ3v) is 3.01. The molecule has 0 aromatic heterocycles. The first kappa shape index (κ1) is 11.9. The Labute approximate surface area is 84.8 Å². The number of hydrogen-bond donors (Lipinski definition) is 1. The summed E-state index contributed by atoms with van der Waals surface area (Å²) in [4.78, 5) is 2.15. The van der Waals surface area contributed by atoms with E-state index < -0.39 is 10.1 Å². The van der Waals surface area contributed by atoms with Gasteiger partial charge in [0.25, 0.3) is 10.1 Å². The van der Waals surface area contributed by atoms with E-state index in [2.05, 4.69) is 4.90 Å². The van der Waals surface area contributed by atoms with Crippen molar-refractivity contribution < 1.29 is 17.7 Å². The van der Waals surface area contributed by atoms with Gasteiger partial charge < -0.3 is 4.74 Å². The fourth-order valence-corrected chi connectivity index (χ4v) is 2.06. The van der Waals surface area contributed by atoms with Gasteiger partial charge in [-0.3, -0.25) is 9.45 Å². The minimum absolute atomic E-state index is 0.154. The zero-order valence-electron chi connectivity index (χ0n) is 8.35. The van der Waals surface area contributed by atoms with Gasteiger partial charge in [0.2, 0.25) is 0 Å². The van der Waals surface area contributed by atoms with Crippen molar-refractivity contribution in [2.45, 2.75) is 19.4 Å². The fourth-order valence-electron chi connectivity index (χ4n) is 1.56. The number of morpholine rings is 1. The van der Waals surface area contributed by atoms with Crippen LogP contribution in [-0.2, 0) is 14.9 Å². The molecule has 14 heavy (non-hydrogen) atoms. The zero-order chi connectivity index (χ0) is 10.6. The smallest absolute Gasteiger partial charge is 0.264 e. The van der Waals surface area contributed by atoms with Gasteiger partial charge in [-0.2, -0.15) is 8.42 Å². The van der Waals surface area contributed by atoms with E-state index in [1.54, 1.807) is 0 Å². The molecule has 0 saturated carbocycles. The molecule has 1 heterocycles. The SMILES string of the molecule is CC1CN(CCCS(=O)(=O)O)CCO1. The lowest BCUT2D eigenvalue weighted by molar-refractivity contribution is -0.0179. The quantitative estimate of drug-likeness (QED) is 0.679. The van der Waals surface area contributed by atoms with Crippen LogP contribution < -0.4 is 0 Å². The van der Waals surface area contributed by atoms with Crippen LogP contribution in [0.3, 0.4) is 0 Å². The molecule has 0 aliphatic carbocycles. The summed E-state index contributed by atoms with van der Waals surface area (Å²) in [6.07, 6.45) is 0.695. The highest BCUT2D eigenvalue weighted by atomic mass is 32.2. The highest BCUT2D eigenvalue weighted by Gasteiger charge is 2.16. The van der Waals surface area contributed by atoms with E-state index in [0.717, 1.165) is 13.1 Å². The van der Waals surface area contributed by atoms with Crippen molar-refractivity contribution >= 4 is 10.1 Å². The average molecular weight is 223 g/mol. The normalized spacial score (nSPS) is 25.1. The largest absolute Gasteiger partial charge is 0.376 e. The van der Waals surface area contributed by atoms with Crippen molar-refractivity contribution in [2.24, 2.45) is 0 Å². The van der Waals surface area contributed by atoms with Crippen molar-refractivity contribution in [1.29, 1.82) is 0 Å². The van der Waals surface area contributed by atoms with E-state index in [1.807, 2.05) is 6.92 Å². The Hall–Kier alpha value is -0.170. The first-order valence-electron chi connectivity index (χ1n) is 4.76. The summed E-state index contributed by atoms with van der Waals surface area (Å²) in [6, 6.07) is 0. The van der Waals surface area contributed by atoms with Crippen molar-refractivity contribution in [3.05, 3.63) is 0 Å². The summed E-state index contributed by atoms with van der Waals surface area (Å²) in [5.74, 6) is -0.154. The van der Waals surface area contributed by atoms with Gasteiger partial charge in [0, 0.05) is 13.1 Å². The molecule has 0 aromatic rings. The van der Waals surface area contributed by atoms with Crippen LogP contribution in [0.2, 0.25) is 0 Å². The van der Waals surface area contributed by atoms with Crippen LogP contribution in [0.1, 0.15) is 13.3 Å². The number of hydrogen-bond acceptors (Lipinski definition) is 4. The number of nitrogens with zero attached hydrogens (tertiary/aromatic N) is 1. The predicted molar refractivity (Wildman–Crippen MR) is 52.9 cm³/mol. The third-order valence-electron chi connectivity index (χ3n) is 2.20. The molecule has 0 aromatic carbocycles. The lowest BCUT2D eigenvalue weighted by Gasteiger charge is -2.30. The number of ether oxygens (including phenoxy) is 1. The first-order valence-corrected chi connectivity index (χ1v) is 6.37. The lowest BCUT2D eigenvalue weighted by atomic mass is 10.3. The second-order valence-corrected chi connectivity index (χ2v) is 5.19. The Kier molecular flexibility index (Phi) is 4.31. The maximum atomic E-state index is 10.4. The molecule has 0 bridgehead atoms. The predicted octanol–water partition coefficient (Wildman–Crippen LogP) is -0.0150. The summed E-state index contributed by atoms with van der Waals surface area (Å²) in [7, 11) is -3.80. The Balaban J connectivity index is 2.18. The van der Waals surface area contributed by atoms with E-state index in [0.29, 0.717) is 19.6 Å². The van der Waals surface area contributed by atoms with Gasteiger partial charge in [0.05, 0.1) is 18.5 Å². The third kappa shape index (κ3) is 4.90. The molecule has 0 radical (unpaired) electrons. The van der Waals surface area contributed by atoms with Gasteiger partial charge in [-0.25, -0.2) is 0 Å². The molecule has 0 amide bonds. The van der Waals surface area contributed by atoms with E-state index >= 15 is 0 Å². The van der Waals surface area contributed by atoms with E-state index in [-0.39, 0.29) is 11.9 Å². The van der Waals surface area contributed by atoms with E-state index in [4.69, 9.17) is 9.29 Å². The summed E-state index contributed by atoms with van der Waals surface area (Å²) in [6.45, 7) is 5.08. The second-order valence-electron chi connectivity index (χ2n) is 3.62. The minimum Gasteiger partial charge on any atom is -0.376 e. The molecule has 0 spiro atoms. The maximum absolute atomic E-state index is 10.4. The van der Waals surface area contributed by atoms with Crippen LogP contribution in [0, 0.1) is 0 Å². The molecule has 1 aliphatic rings. The molecular formula is C8H17NO4S. The molecule has 1 saturated heterocycles. The Morgan fingerprint density at radius 2 is 2.29 bits per heavy atom. The molecule has 1 unspecified atom stereocenters. The molecule has 6 heteroatoms. The van der Waals surface area contributed by atoms with Crippen LogP contribution in [-0.4, -0.2) is 56.0 Å². The summed E-state index contributed by atoms with van der Waals surface area (Å²) >= 11 is 0. The molecule has 1 aliphatic heterocycles. The average Bonchev–Trinajstić information content (AvgIpc) is 2.01. The van der Waals surface area contributed by atoms with Gasteiger partial charge in [0.1, 0.15) is 0 Å². The molecule has 1 fully saturated rings. The summed E-state index contributed by atoms with van der Waals surface area (Å²) < 4.78 is 34.8. The van der Waals surface area contributed by atoms with Gasteiger partial charge in [0.15, 0.2) is 0 Å². The van der Waals surface area contributed by atoms with E-state index in [1.165, 1.54) is 0 Å². The molecular weight excluding hydrogens is 206 g/mol. The number of rotatable bonds is 4. The van der Waals surface area contributed by atoms with Gasteiger partial charge in [-0.05, 0) is 19.9 Å². The van der Waals surface area contributed by atoms with Gasteiger partial charge >= 0.3 is 0 Å². The van der Waals surface area contributed by atoms with Crippen LogP contribution in [0.4, 0.5) is 0 Å². The van der Waals surface area contributed by atoms with Crippen LogP contribution in [0.5, 0.6) is 0 Å². The monoisotopic (exact) mass is 223 g/mol. The molecule has 1 rings (SSSR count). The second kappa shape index (κ2) is 5.06. The molecule has 1 atom stereocenters. The molecule has 1 N–H and O–H groups in total. The van der Waals surface area contributed by atoms with Crippen LogP contribution in [0.15, 0.2) is 0 Å². The Morgan fingerprint density at radius 3 is 2.86 bits per heavy atom. The summed E-state index contributed by atoms with van der Waals surface area (Å²) in [5, 5.41) is 0. The van der Waals surface area contributed by atoms with Crippen LogP contribution >= 0.6 is 0 Å². The maximum Gasteiger partial charge on any atom is 0.264 e. The van der Waals surface area contributed by atoms with E-state index in [9.17, 15) is 8.42 Å². The lowest BCUT2D eigenvalue weighted by Crippen LogP contribution is -2.41.